The van der Waals surface area contributed by atoms with Crippen LogP contribution in [0.4, 0.5) is 10.5 Å². The molecule has 2 fully saturated rings. The zero-order valence-electron chi connectivity index (χ0n) is 17.4. The summed E-state index contributed by atoms with van der Waals surface area (Å²) in [5, 5.41) is 5.81. The maximum Gasteiger partial charge on any atom is 0.494 e. The van der Waals surface area contributed by atoms with Crippen molar-refractivity contribution in [3.8, 4) is 0 Å². The average molecular weight is 389 g/mol. The molecule has 2 heterocycles. The first-order valence-electron chi connectivity index (χ1n) is 10.1. The van der Waals surface area contributed by atoms with Gasteiger partial charge in [-0.3, -0.25) is 4.90 Å². The van der Waals surface area contributed by atoms with E-state index in [-0.39, 0.29) is 17.2 Å². The molecule has 1 aromatic carbocycles. The van der Waals surface area contributed by atoms with Gasteiger partial charge in [-0.15, -0.1) is 0 Å². The number of hydrogen-bond acceptors (Lipinski definition) is 5. The van der Waals surface area contributed by atoms with Gasteiger partial charge in [0, 0.05) is 25.3 Å². The number of anilines is 1. The van der Waals surface area contributed by atoms with E-state index in [0.717, 1.165) is 50.4 Å². The number of ether oxygens (including phenoxy) is 1. The largest absolute Gasteiger partial charge is 0.494 e. The number of urea groups is 1. The molecule has 2 saturated heterocycles. The van der Waals surface area contributed by atoms with Crippen molar-refractivity contribution in [1.29, 1.82) is 0 Å². The van der Waals surface area contributed by atoms with Crippen molar-refractivity contribution in [2.75, 3.05) is 44.7 Å². The van der Waals surface area contributed by atoms with E-state index >= 15 is 0 Å². The molecule has 2 aliphatic heterocycles. The van der Waals surface area contributed by atoms with Crippen LogP contribution in [0, 0.1) is 0 Å². The smallest absolute Gasteiger partial charge is 0.399 e. The number of hydrogen-bond donors (Lipinski definition) is 2. The van der Waals surface area contributed by atoms with Crippen LogP contribution in [-0.2, 0) is 14.0 Å². The molecule has 0 aromatic heterocycles. The van der Waals surface area contributed by atoms with Crippen LogP contribution in [0.1, 0.15) is 34.1 Å². The number of carbonyl (C=O) groups excluding carboxylic acids is 1. The number of morpholine rings is 1. The van der Waals surface area contributed by atoms with Crippen LogP contribution < -0.4 is 16.1 Å². The van der Waals surface area contributed by atoms with E-state index in [1.807, 2.05) is 52.0 Å². The van der Waals surface area contributed by atoms with Gasteiger partial charge >= 0.3 is 13.1 Å². The van der Waals surface area contributed by atoms with Gasteiger partial charge in [-0.25, -0.2) is 4.79 Å². The number of amides is 2. The highest BCUT2D eigenvalue weighted by Crippen LogP contribution is 2.36. The molecule has 2 aliphatic rings. The monoisotopic (exact) mass is 389 g/mol. The summed E-state index contributed by atoms with van der Waals surface area (Å²) in [4.78, 5) is 14.5. The second-order valence-electron chi connectivity index (χ2n) is 8.40. The zero-order valence-corrected chi connectivity index (χ0v) is 17.4. The minimum absolute atomic E-state index is 0.201. The second-order valence-corrected chi connectivity index (χ2v) is 8.40. The maximum atomic E-state index is 12.2. The van der Waals surface area contributed by atoms with Gasteiger partial charge in [0.05, 0.1) is 24.4 Å². The molecule has 0 saturated carbocycles. The highest BCUT2D eigenvalue weighted by molar-refractivity contribution is 6.62. The Hall–Kier alpha value is -1.61. The highest BCUT2D eigenvalue weighted by Gasteiger charge is 2.51. The Balaban J connectivity index is 1.46. The number of nitrogens with zero attached hydrogens (tertiary/aromatic N) is 1. The molecule has 154 valence electrons. The predicted octanol–water partition coefficient (Wildman–Crippen LogP) is 1.83. The predicted molar refractivity (Wildman–Crippen MR) is 111 cm³/mol. The topological polar surface area (TPSA) is 72.1 Å². The number of rotatable bonds is 6. The number of benzene rings is 1. The van der Waals surface area contributed by atoms with E-state index in [0.29, 0.717) is 6.54 Å². The lowest BCUT2D eigenvalue weighted by molar-refractivity contribution is 0.00578. The molecule has 7 nitrogen and oxygen atoms in total. The van der Waals surface area contributed by atoms with Gasteiger partial charge in [0.2, 0.25) is 0 Å². The highest BCUT2D eigenvalue weighted by atomic mass is 16.7. The molecule has 0 bridgehead atoms. The Morgan fingerprint density at radius 3 is 2.50 bits per heavy atom. The Labute approximate surface area is 168 Å². The Bertz CT molecular complexity index is 661. The lowest BCUT2D eigenvalue weighted by atomic mass is 9.79. The van der Waals surface area contributed by atoms with Crippen molar-refractivity contribution in [3.63, 3.8) is 0 Å². The standard InChI is InChI=1S/C20H32BN3O4/c1-19(2)20(3,4)28-21(27-19)16-7-5-8-17(15-16)23-18(25)22-9-6-10-24-11-13-26-14-12-24/h5,7-8,15H,6,9-14H2,1-4H3,(H2,22,23,25). The summed E-state index contributed by atoms with van der Waals surface area (Å²) in [6.07, 6.45) is 0.918. The molecule has 28 heavy (non-hydrogen) atoms. The van der Waals surface area contributed by atoms with E-state index in [2.05, 4.69) is 15.5 Å². The molecule has 0 atom stereocenters. The van der Waals surface area contributed by atoms with Crippen LogP contribution in [0.15, 0.2) is 24.3 Å². The van der Waals surface area contributed by atoms with Crippen LogP contribution in [0.5, 0.6) is 0 Å². The van der Waals surface area contributed by atoms with Gasteiger partial charge in [0.15, 0.2) is 0 Å². The normalized spacial score (nSPS) is 21.5. The van der Waals surface area contributed by atoms with Crippen molar-refractivity contribution in [2.45, 2.75) is 45.3 Å². The van der Waals surface area contributed by atoms with Crippen LogP contribution in [0.2, 0.25) is 0 Å². The molecule has 0 unspecified atom stereocenters. The van der Waals surface area contributed by atoms with E-state index < -0.39 is 7.12 Å². The molecule has 0 radical (unpaired) electrons. The molecular weight excluding hydrogens is 357 g/mol. The van der Waals surface area contributed by atoms with Crippen molar-refractivity contribution >= 4 is 24.3 Å². The Morgan fingerprint density at radius 2 is 1.82 bits per heavy atom. The van der Waals surface area contributed by atoms with Gasteiger partial charge in [-0.1, -0.05) is 12.1 Å². The van der Waals surface area contributed by atoms with Gasteiger partial charge < -0.3 is 24.7 Å². The third kappa shape index (κ3) is 5.26. The third-order valence-electron chi connectivity index (χ3n) is 5.71. The van der Waals surface area contributed by atoms with E-state index in [9.17, 15) is 4.79 Å². The van der Waals surface area contributed by atoms with Crippen molar-refractivity contribution in [2.24, 2.45) is 0 Å². The average Bonchev–Trinajstić information content (AvgIpc) is 2.87. The molecule has 2 N–H and O–H groups in total. The molecule has 2 amide bonds. The molecule has 0 aliphatic carbocycles. The third-order valence-corrected chi connectivity index (χ3v) is 5.71. The van der Waals surface area contributed by atoms with Gasteiger partial charge in [0.1, 0.15) is 0 Å². The number of nitrogens with one attached hydrogen (secondary N) is 2. The minimum Gasteiger partial charge on any atom is -0.399 e. The lowest BCUT2D eigenvalue weighted by Gasteiger charge is -2.32. The van der Waals surface area contributed by atoms with Crippen LogP contribution in [-0.4, -0.2) is 68.6 Å². The molecule has 3 rings (SSSR count). The SMILES string of the molecule is CC1(C)OB(c2cccc(NC(=O)NCCCN3CCOCC3)c2)OC1(C)C. The van der Waals surface area contributed by atoms with Crippen molar-refractivity contribution in [1.82, 2.24) is 10.2 Å². The lowest BCUT2D eigenvalue weighted by Crippen LogP contribution is -2.41. The minimum atomic E-state index is -0.441. The zero-order chi connectivity index (χ0) is 20.2. The first-order valence-corrected chi connectivity index (χ1v) is 10.1. The summed E-state index contributed by atoms with van der Waals surface area (Å²) < 4.78 is 17.5. The fourth-order valence-electron chi connectivity index (χ4n) is 3.25. The van der Waals surface area contributed by atoms with Gasteiger partial charge in [0.25, 0.3) is 0 Å². The molecule has 0 spiro atoms. The molecule has 8 heteroatoms. The van der Waals surface area contributed by atoms with Crippen LogP contribution >= 0.6 is 0 Å². The summed E-state index contributed by atoms with van der Waals surface area (Å²) in [6.45, 7) is 13.3. The molecular formula is C20H32BN3O4. The summed E-state index contributed by atoms with van der Waals surface area (Å²) >= 11 is 0. The van der Waals surface area contributed by atoms with Gasteiger partial charge in [-0.05, 0) is 58.3 Å². The summed E-state index contributed by atoms with van der Waals surface area (Å²) in [7, 11) is -0.441. The summed E-state index contributed by atoms with van der Waals surface area (Å²) in [5.74, 6) is 0. The maximum absolute atomic E-state index is 12.2. The van der Waals surface area contributed by atoms with E-state index in [1.165, 1.54) is 0 Å². The number of carbonyl (C=O) groups is 1. The summed E-state index contributed by atoms with van der Waals surface area (Å²) in [5.41, 5.74) is 0.833. The van der Waals surface area contributed by atoms with E-state index in [1.54, 1.807) is 0 Å². The Morgan fingerprint density at radius 1 is 1.14 bits per heavy atom. The Kier molecular flexibility index (Phi) is 6.65. The molecule has 1 aromatic rings. The quantitative estimate of drug-likeness (QED) is 0.574. The van der Waals surface area contributed by atoms with Crippen LogP contribution in [0.25, 0.3) is 0 Å². The van der Waals surface area contributed by atoms with Crippen molar-refractivity contribution in [3.05, 3.63) is 24.3 Å². The first-order chi connectivity index (χ1) is 13.3. The summed E-state index contributed by atoms with van der Waals surface area (Å²) in [6, 6.07) is 7.41. The fourth-order valence-corrected chi connectivity index (χ4v) is 3.25. The van der Waals surface area contributed by atoms with E-state index in [4.69, 9.17) is 14.0 Å². The van der Waals surface area contributed by atoms with Crippen molar-refractivity contribution < 1.29 is 18.8 Å². The van der Waals surface area contributed by atoms with Crippen LogP contribution in [0.3, 0.4) is 0 Å². The first kappa shape index (κ1) is 21.1. The second kappa shape index (κ2) is 8.82. The fraction of sp³-hybridized carbons (Fsp3) is 0.650. The van der Waals surface area contributed by atoms with Gasteiger partial charge in [-0.2, -0.15) is 0 Å².